The van der Waals surface area contributed by atoms with E-state index in [9.17, 15) is 0 Å². The lowest BCUT2D eigenvalue weighted by molar-refractivity contribution is -0.690. The molecule has 8 bridgehead atoms. The van der Waals surface area contributed by atoms with Gasteiger partial charge in [-0.25, -0.2) is 14.6 Å². The highest BCUT2D eigenvalue weighted by Gasteiger charge is 2.26. The maximum atomic E-state index is 5.14. The molecule has 0 saturated carbocycles. The Bertz CT molecular complexity index is 1680. The smallest absolute Gasteiger partial charge is 0.216 e. The zero-order valence-electron chi connectivity index (χ0n) is 21.4. The van der Waals surface area contributed by atoms with Crippen LogP contribution < -0.4 is 9.13 Å². The monoisotopic (exact) mass is 512 g/mol. The lowest BCUT2D eigenvalue weighted by Crippen LogP contribution is -2.36. The van der Waals surface area contributed by atoms with E-state index in [0.717, 1.165) is 34.4 Å². The minimum Gasteiger partial charge on any atom is -0.263 e. The van der Waals surface area contributed by atoms with Crippen molar-refractivity contribution in [3.63, 3.8) is 0 Å². The molecule has 1 aliphatic rings. The number of fused-ring (bicyclic) bond motifs is 8. The molecule has 0 fully saturated rings. The van der Waals surface area contributed by atoms with Gasteiger partial charge in [0, 0.05) is 36.1 Å². The van der Waals surface area contributed by atoms with Crippen LogP contribution in [0.4, 0.5) is 0 Å². The molecule has 0 spiro atoms. The largest absolute Gasteiger partial charge is 0.263 e. The van der Waals surface area contributed by atoms with Crippen molar-refractivity contribution in [3.8, 4) is 0 Å². The fourth-order valence-corrected chi connectivity index (χ4v) is 5.29. The standard InChI is InChI=1S/C31H28N8/c1-3-11-25(12-4-1)31(26-13-5-2-6-14-26)39-30-22-38-16-8-10-24(20-38)18-28-32-27(34-35-28)17-23-9-7-15-37(19-23)21-29(33-30)36-39/h1-16,19-20,31H,17-18,21-22H2,(H,32,34,35)/q+2. The van der Waals surface area contributed by atoms with Gasteiger partial charge in [0.05, 0.1) is 0 Å². The molecule has 5 heterocycles. The Kier molecular flexibility index (Phi) is 5.97. The third kappa shape index (κ3) is 4.96. The number of aromatic amines is 1. The number of nitrogens with zero attached hydrogens (tertiary/aromatic N) is 7. The molecule has 0 radical (unpaired) electrons. The van der Waals surface area contributed by atoms with E-state index >= 15 is 0 Å². The van der Waals surface area contributed by atoms with Gasteiger partial charge in [0.15, 0.2) is 36.4 Å². The SMILES string of the molecule is c1ccc(C(c2ccccc2)n2nc3nc2C[n+]2cccc(c2)Cc2n[nH]c(n2)Cc2ccc[n+](c2)C3)cc1. The van der Waals surface area contributed by atoms with Crippen molar-refractivity contribution in [2.75, 3.05) is 0 Å². The first kappa shape index (κ1) is 23.2. The molecule has 8 nitrogen and oxygen atoms in total. The maximum absolute atomic E-state index is 5.14. The molecule has 8 heteroatoms. The maximum Gasteiger partial charge on any atom is 0.216 e. The van der Waals surface area contributed by atoms with Crippen molar-refractivity contribution in [1.82, 2.24) is 29.9 Å². The molecule has 190 valence electrons. The lowest BCUT2D eigenvalue weighted by Gasteiger charge is -2.19. The predicted octanol–water partition coefficient (Wildman–Crippen LogP) is 3.20. The molecular weight excluding hydrogens is 484 g/mol. The summed E-state index contributed by atoms with van der Waals surface area (Å²) >= 11 is 0. The Balaban J connectivity index is 1.38. The van der Waals surface area contributed by atoms with Crippen molar-refractivity contribution in [1.29, 1.82) is 0 Å². The Morgan fingerprint density at radius 1 is 0.667 bits per heavy atom. The average molecular weight is 513 g/mol. The van der Waals surface area contributed by atoms with Gasteiger partial charge in [-0.1, -0.05) is 60.7 Å². The van der Waals surface area contributed by atoms with E-state index in [1.165, 1.54) is 11.1 Å². The number of pyridine rings is 2. The third-order valence-electron chi connectivity index (χ3n) is 7.02. The molecule has 39 heavy (non-hydrogen) atoms. The zero-order chi connectivity index (χ0) is 26.0. The molecular formula is C31H28N8+2. The highest BCUT2D eigenvalue weighted by atomic mass is 15.4. The fourth-order valence-electron chi connectivity index (χ4n) is 5.29. The van der Waals surface area contributed by atoms with Crippen LogP contribution in [0.15, 0.2) is 110 Å². The third-order valence-corrected chi connectivity index (χ3v) is 7.02. The van der Waals surface area contributed by atoms with Crippen molar-refractivity contribution in [3.05, 3.63) is 155 Å². The highest BCUT2D eigenvalue weighted by molar-refractivity contribution is 5.33. The Labute approximate surface area is 226 Å². The van der Waals surface area contributed by atoms with Crippen LogP contribution in [0, 0.1) is 0 Å². The number of nitrogens with one attached hydrogen (secondary N) is 1. The summed E-state index contributed by atoms with van der Waals surface area (Å²) in [5.41, 5.74) is 4.62. The lowest BCUT2D eigenvalue weighted by atomic mass is 9.99. The summed E-state index contributed by atoms with van der Waals surface area (Å²) in [5.74, 6) is 3.32. The Morgan fingerprint density at radius 3 is 2.00 bits per heavy atom. The van der Waals surface area contributed by atoms with E-state index < -0.39 is 0 Å². The van der Waals surface area contributed by atoms with Gasteiger partial charge in [0.2, 0.25) is 18.9 Å². The van der Waals surface area contributed by atoms with Gasteiger partial charge >= 0.3 is 0 Å². The molecule has 0 atom stereocenters. The van der Waals surface area contributed by atoms with Gasteiger partial charge in [-0.15, -0.1) is 5.10 Å². The number of hydrogen-bond acceptors (Lipinski definition) is 4. The number of hydrogen-bond donors (Lipinski definition) is 1. The van der Waals surface area contributed by atoms with Crippen molar-refractivity contribution in [2.45, 2.75) is 32.0 Å². The molecule has 7 rings (SSSR count). The van der Waals surface area contributed by atoms with Crippen LogP contribution in [0.5, 0.6) is 0 Å². The molecule has 0 amide bonds. The fraction of sp³-hybridized carbons (Fsp3) is 0.161. The number of rotatable bonds is 3. The first-order chi connectivity index (χ1) is 19.3. The normalized spacial score (nSPS) is 12.9. The molecule has 0 unspecified atom stereocenters. The molecule has 0 saturated heterocycles. The summed E-state index contributed by atoms with van der Waals surface area (Å²) in [6, 6.07) is 29.3. The minimum atomic E-state index is -0.0998. The van der Waals surface area contributed by atoms with Crippen molar-refractivity contribution >= 4 is 0 Å². The van der Waals surface area contributed by atoms with Crippen LogP contribution in [-0.4, -0.2) is 29.9 Å². The first-order valence-corrected chi connectivity index (χ1v) is 13.2. The summed E-state index contributed by atoms with van der Waals surface area (Å²) in [5, 5.41) is 12.7. The molecule has 4 aromatic heterocycles. The summed E-state index contributed by atoms with van der Waals surface area (Å²) in [6.45, 7) is 1.15. The molecule has 1 aliphatic heterocycles. The quantitative estimate of drug-likeness (QED) is 0.369. The highest BCUT2D eigenvalue weighted by Crippen LogP contribution is 2.27. The van der Waals surface area contributed by atoms with Crippen LogP contribution >= 0.6 is 0 Å². The average Bonchev–Trinajstić information content (AvgIpc) is 3.56. The van der Waals surface area contributed by atoms with Crippen LogP contribution in [-0.2, 0) is 25.9 Å². The van der Waals surface area contributed by atoms with Gasteiger partial charge in [-0.3, -0.25) is 5.10 Å². The molecule has 2 aromatic carbocycles. The number of benzene rings is 2. The molecule has 1 N–H and O–H groups in total. The number of H-pyrrole nitrogens is 1. The van der Waals surface area contributed by atoms with Gasteiger partial charge < -0.3 is 0 Å². The minimum absolute atomic E-state index is 0.0998. The Morgan fingerprint density at radius 2 is 1.31 bits per heavy atom. The van der Waals surface area contributed by atoms with Crippen molar-refractivity contribution < 1.29 is 9.13 Å². The van der Waals surface area contributed by atoms with Crippen LogP contribution in [0.2, 0.25) is 0 Å². The second-order valence-corrected chi connectivity index (χ2v) is 9.93. The second-order valence-electron chi connectivity index (χ2n) is 9.93. The summed E-state index contributed by atoms with van der Waals surface area (Å²) in [6.07, 6.45) is 9.76. The van der Waals surface area contributed by atoms with Crippen LogP contribution in [0.25, 0.3) is 0 Å². The van der Waals surface area contributed by atoms with E-state index in [-0.39, 0.29) is 6.04 Å². The van der Waals surface area contributed by atoms with E-state index in [1.807, 2.05) is 12.1 Å². The topological polar surface area (TPSA) is 80.0 Å². The van der Waals surface area contributed by atoms with Gasteiger partial charge in [0.1, 0.15) is 11.9 Å². The van der Waals surface area contributed by atoms with Gasteiger partial charge in [-0.2, -0.15) is 14.2 Å². The predicted molar refractivity (Wildman–Crippen MR) is 144 cm³/mol. The first-order valence-electron chi connectivity index (χ1n) is 13.2. The van der Waals surface area contributed by atoms with E-state index in [0.29, 0.717) is 25.9 Å². The number of aromatic nitrogens is 8. The van der Waals surface area contributed by atoms with Crippen LogP contribution in [0.3, 0.4) is 0 Å². The molecule has 0 aliphatic carbocycles. The van der Waals surface area contributed by atoms with E-state index in [2.05, 4.69) is 122 Å². The summed E-state index contributed by atoms with van der Waals surface area (Å²) in [7, 11) is 0. The summed E-state index contributed by atoms with van der Waals surface area (Å²) < 4.78 is 6.40. The van der Waals surface area contributed by atoms with Crippen LogP contribution in [0.1, 0.15) is 51.6 Å². The summed E-state index contributed by atoms with van der Waals surface area (Å²) in [4.78, 5) is 9.86. The van der Waals surface area contributed by atoms with Crippen molar-refractivity contribution in [2.24, 2.45) is 0 Å². The molecule has 6 aromatic rings. The van der Waals surface area contributed by atoms with E-state index in [4.69, 9.17) is 15.1 Å². The van der Waals surface area contributed by atoms with Gasteiger partial charge in [-0.05, 0) is 23.3 Å². The Hall–Kier alpha value is -4.98. The van der Waals surface area contributed by atoms with Gasteiger partial charge in [0.25, 0.3) is 0 Å². The zero-order valence-corrected chi connectivity index (χ0v) is 21.4. The second kappa shape index (κ2) is 10.1. The van der Waals surface area contributed by atoms with E-state index in [1.54, 1.807) is 0 Å².